The maximum atomic E-state index is 13.1. The number of halogens is 2. The van der Waals surface area contributed by atoms with Crippen LogP contribution in [0.15, 0.2) is 55.0 Å². The molecular formula is C20H15F2N7O. The summed E-state index contributed by atoms with van der Waals surface area (Å²) in [6.45, 7) is 0.353. The van der Waals surface area contributed by atoms with Crippen LogP contribution in [0.5, 0.6) is 0 Å². The van der Waals surface area contributed by atoms with Gasteiger partial charge in [0, 0.05) is 18.3 Å². The molecule has 2 N–H and O–H groups in total. The number of benzene rings is 1. The van der Waals surface area contributed by atoms with E-state index in [0.29, 0.717) is 29.4 Å². The molecule has 0 aliphatic carbocycles. The molecule has 5 rings (SSSR count). The molecule has 8 nitrogen and oxygen atoms in total. The van der Waals surface area contributed by atoms with Gasteiger partial charge < -0.3 is 10.6 Å². The number of fused-ring (bicyclic) bond motifs is 2. The standard InChI is InChI=1S/C20H15F2N7O/c21-19(22)13-5-6-17-24-8-16(29(17)27-13)14-7-18(26-10-25-14)28-9-12(20(23)30)11-3-1-2-4-15(11)28/h1-8,10,12,19H,9H2,(H2,23,30). The quantitative estimate of drug-likeness (QED) is 0.558. The zero-order valence-electron chi connectivity index (χ0n) is 15.5. The second-order valence-corrected chi connectivity index (χ2v) is 6.86. The van der Waals surface area contributed by atoms with Crippen molar-refractivity contribution in [2.45, 2.75) is 12.3 Å². The van der Waals surface area contributed by atoms with Crippen LogP contribution in [-0.2, 0) is 4.79 Å². The van der Waals surface area contributed by atoms with Crippen molar-refractivity contribution in [1.29, 1.82) is 0 Å². The molecule has 30 heavy (non-hydrogen) atoms. The first-order chi connectivity index (χ1) is 14.5. The highest BCUT2D eigenvalue weighted by molar-refractivity contribution is 5.89. The number of carbonyl (C=O) groups is 1. The highest BCUT2D eigenvalue weighted by Crippen LogP contribution is 2.40. The van der Waals surface area contributed by atoms with Crippen molar-refractivity contribution >= 4 is 23.1 Å². The van der Waals surface area contributed by atoms with E-state index in [1.807, 2.05) is 29.2 Å². The molecule has 1 amide bonds. The molecule has 0 fully saturated rings. The number of amides is 1. The van der Waals surface area contributed by atoms with Crippen LogP contribution in [0.25, 0.3) is 17.0 Å². The van der Waals surface area contributed by atoms with E-state index < -0.39 is 18.3 Å². The minimum Gasteiger partial charge on any atom is -0.369 e. The Hall–Kier alpha value is -3.95. The minimum absolute atomic E-state index is 0.353. The van der Waals surface area contributed by atoms with Gasteiger partial charge in [0.25, 0.3) is 6.43 Å². The van der Waals surface area contributed by atoms with E-state index in [9.17, 15) is 13.6 Å². The Kier molecular flexibility index (Phi) is 4.12. The molecule has 1 unspecified atom stereocenters. The summed E-state index contributed by atoms with van der Waals surface area (Å²) in [6, 6.07) is 11.9. The molecule has 3 aromatic heterocycles. The first kappa shape index (κ1) is 18.1. The van der Waals surface area contributed by atoms with Crippen LogP contribution >= 0.6 is 0 Å². The van der Waals surface area contributed by atoms with E-state index in [2.05, 4.69) is 20.1 Å². The monoisotopic (exact) mass is 407 g/mol. The van der Waals surface area contributed by atoms with Crippen LogP contribution in [0.3, 0.4) is 0 Å². The fourth-order valence-corrected chi connectivity index (χ4v) is 3.68. The van der Waals surface area contributed by atoms with Crippen molar-refractivity contribution in [1.82, 2.24) is 24.6 Å². The summed E-state index contributed by atoms with van der Waals surface area (Å²) in [5, 5.41) is 3.98. The third-order valence-electron chi connectivity index (χ3n) is 5.11. The number of hydrogen-bond donors (Lipinski definition) is 1. The molecule has 0 saturated carbocycles. The minimum atomic E-state index is -2.70. The molecule has 0 radical (unpaired) electrons. The average Bonchev–Trinajstić information content (AvgIpc) is 3.35. The normalized spacial score (nSPS) is 15.7. The van der Waals surface area contributed by atoms with E-state index in [-0.39, 0.29) is 5.69 Å². The summed E-state index contributed by atoms with van der Waals surface area (Å²) in [5.74, 6) is -0.313. The zero-order chi connectivity index (χ0) is 20.8. The Bertz CT molecular complexity index is 1270. The number of hydrogen-bond acceptors (Lipinski definition) is 6. The molecule has 0 spiro atoms. The smallest absolute Gasteiger partial charge is 0.282 e. The van der Waals surface area contributed by atoms with Gasteiger partial charge in [-0.2, -0.15) is 5.10 Å². The number of rotatable bonds is 4. The Morgan fingerprint density at radius 3 is 2.77 bits per heavy atom. The lowest BCUT2D eigenvalue weighted by atomic mass is 10.0. The predicted octanol–water partition coefficient (Wildman–Crippen LogP) is 2.84. The van der Waals surface area contributed by atoms with Crippen molar-refractivity contribution in [2.24, 2.45) is 5.73 Å². The summed E-state index contributed by atoms with van der Waals surface area (Å²) in [4.78, 5) is 26.6. The van der Waals surface area contributed by atoms with Crippen LogP contribution < -0.4 is 10.6 Å². The van der Waals surface area contributed by atoms with Gasteiger partial charge in [0.2, 0.25) is 5.91 Å². The van der Waals surface area contributed by atoms with Crippen molar-refractivity contribution in [2.75, 3.05) is 11.4 Å². The highest BCUT2D eigenvalue weighted by Gasteiger charge is 2.33. The van der Waals surface area contributed by atoms with E-state index in [0.717, 1.165) is 11.3 Å². The highest BCUT2D eigenvalue weighted by atomic mass is 19.3. The summed E-state index contributed by atoms with van der Waals surface area (Å²) in [5.41, 5.74) is 8.24. The van der Waals surface area contributed by atoms with Gasteiger partial charge >= 0.3 is 0 Å². The third-order valence-corrected chi connectivity index (χ3v) is 5.11. The van der Waals surface area contributed by atoms with Crippen LogP contribution in [-0.4, -0.2) is 37.0 Å². The Labute approximate surface area is 169 Å². The first-order valence-electron chi connectivity index (χ1n) is 9.14. The second-order valence-electron chi connectivity index (χ2n) is 6.86. The van der Waals surface area contributed by atoms with Crippen molar-refractivity contribution in [3.05, 3.63) is 66.2 Å². The van der Waals surface area contributed by atoms with Crippen LogP contribution in [0.2, 0.25) is 0 Å². The molecular weight excluding hydrogens is 392 g/mol. The maximum Gasteiger partial charge on any atom is 0.282 e. The van der Waals surface area contributed by atoms with Gasteiger partial charge in [-0.1, -0.05) is 18.2 Å². The number of nitrogens with two attached hydrogens (primary N) is 1. The number of nitrogens with zero attached hydrogens (tertiary/aromatic N) is 6. The van der Waals surface area contributed by atoms with Crippen LogP contribution in [0.1, 0.15) is 23.6 Å². The van der Waals surface area contributed by atoms with E-state index in [1.165, 1.54) is 29.2 Å². The molecule has 4 aromatic rings. The molecule has 4 heterocycles. The SMILES string of the molecule is NC(=O)C1CN(c2cc(-c3cnc4ccc(C(F)F)nn34)ncn2)c2ccccc21. The Balaban J connectivity index is 1.59. The van der Waals surface area contributed by atoms with Crippen LogP contribution in [0, 0.1) is 0 Å². The van der Waals surface area contributed by atoms with Gasteiger partial charge in [0.05, 0.1) is 17.8 Å². The van der Waals surface area contributed by atoms with Gasteiger partial charge in [-0.15, -0.1) is 0 Å². The molecule has 1 atom stereocenters. The third kappa shape index (κ3) is 2.84. The van der Waals surface area contributed by atoms with Crippen molar-refractivity contribution in [3.8, 4) is 11.4 Å². The molecule has 1 aromatic carbocycles. The molecule has 10 heteroatoms. The number of aromatic nitrogens is 5. The topological polar surface area (TPSA) is 102 Å². The Morgan fingerprint density at radius 2 is 1.97 bits per heavy atom. The van der Waals surface area contributed by atoms with E-state index in [4.69, 9.17) is 5.73 Å². The van der Waals surface area contributed by atoms with Gasteiger partial charge in [0.15, 0.2) is 5.65 Å². The number of anilines is 2. The fraction of sp³-hybridized carbons (Fsp3) is 0.150. The summed E-state index contributed by atoms with van der Waals surface area (Å²) >= 11 is 0. The number of imidazole rings is 1. The van der Waals surface area contributed by atoms with E-state index >= 15 is 0 Å². The van der Waals surface area contributed by atoms with Crippen LogP contribution in [0.4, 0.5) is 20.3 Å². The molecule has 150 valence electrons. The lowest BCUT2D eigenvalue weighted by molar-refractivity contribution is -0.119. The summed E-state index contributed by atoms with van der Waals surface area (Å²) < 4.78 is 27.5. The summed E-state index contributed by atoms with van der Waals surface area (Å²) in [6.07, 6.45) is 0.201. The maximum absolute atomic E-state index is 13.1. The summed E-state index contributed by atoms with van der Waals surface area (Å²) in [7, 11) is 0. The molecule has 1 aliphatic rings. The largest absolute Gasteiger partial charge is 0.369 e. The molecule has 1 aliphatic heterocycles. The van der Waals surface area contributed by atoms with E-state index in [1.54, 1.807) is 6.07 Å². The fourth-order valence-electron chi connectivity index (χ4n) is 3.68. The lowest BCUT2D eigenvalue weighted by Gasteiger charge is -2.18. The molecule has 0 saturated heterocycles. The molecule has 0 bridgehead atoms. The van der Waals surface area contributed by atoms with Crippen molar-refractivity contribution in [3.63, 3.8) is 0 Å². The van der Waals surface area contributed by atoms with Gasteiger partial charge in [-0.05, 0) is 23.8 Å². The van der Waals surface area contributed by atoms with Gasteiger partial charge in [0.1, 0.15) is 23.5 Å². The van der Waals surface area contributed by atoms with Crippen molar-refractivity contribution < 1.29 is 13.6 Å². The number of primary amides is 1. The first-order valence-corrected chi connectivity index (χ1v) is 9.14. The number of alkyl halides is 2. The van der Waals surface area contributed by atoms with Gasteiger partial charge in [-0.3, -0.25) is 4.79 Å². The number of carbonyl (C=O) groups excluding carboxylic acids is 1. The Morgan fingerprint density at radius 1 is 1.13 bits per heavy atom. The predicted molar refractivity (Wildman–Crippen MR) is 104 cm³/mol. The number of para-hydroxylation sites is 1. The average molecular weight is 407 g/mol. The van der Waals surface area contributed by atoms with Gasteiger partial charge in [-0.25, -0.2) is 28.2 Å². The lowest BCUT2D eigenvalue weighted by Crippen LogP contribution is -2.26. The second kappa shape index (κ2) is 6.83. The zero-order valence-corrected chi connectivity index (χ0v) is 15.5.